The highest BCUT2D eigenvalue weighted by Crippen LogP contribution is 2.14. The summed E-state index contributed by atoms with van der Waals surface area (Å²) in [5.74, 6) is 1.40. The van der Waals surface area contributed by atoms with Crippen LogP contribution in [0.3, 0.4) is 0 Å². The van der Waals surface area contributed by atoms with E-state index in [0.717, 1.165) is 24.6 Å². The Morgan fingerprint density at radius 3 is 2.50 bits per heavy atom. The number of hydrogen-bond donors (Lipinski definition) is 2. The molecule has 0 saturated heterocycles. The maximum Gasteiger partial charge on any atom is 0.259 e. The molecule has 0 heterocycles. The molecule has 0 spiro atoms. The van der Waals surface area contributed by atoms with Crippen molar-refractivity contribution in [1.82, 2.24) is 15.5 Å². The molecule has 0 bridgehead atoms. The van der Waals surface area contributed by atoms with E-state index in [4.69, 9.17) is 4.74 Å². The lowest BCUT2D eigenvalue weighted by atomic mass is 10.2. The summed E-state index contributed by atoms with van der Waals surface area (Å²) in [7, 11) is 3.42. The highest BCUT2D eigenvalue weighted by molar-refractivity contribution is 5.79. The Kier molecular flexibility index (Phi) is 7.81. The van der Waals surface area contributed by atoms with Crippen LogP contribution in [-0.4, -0.2) is 50.6 Å². The third-order valence-corrected chi connectivity index (χ3v) is 2.87. The van der Waals surface area contributed by atoms with Gasteiger partial charge in [-0.1, -0.05) is 12.1 Å². The Morgan fingerprint density at radius 1 is 1.23 bits per heavy atom. The molecule has 0 aromatic heterocycles. The fourth-order valence-corrected chi connectivity index (χ4v) is 1.69. The molecule has 22 heavy (non-hydrogen) atoms. The first-order chi connectivity index (χ1) is 10.6. The molecule has 0 atom stereocenters. The number of carbonyl (C=O) groups excluding carboxylic acids is 1. The summed E-state index contributed by atoms with van der Waals surface area (Å²) < 4.78 is 5.50. The van der Waals surface area contributed by atoms with Crippen LogP contribution in [0.25, 0.3) is 0 Å². The number of nitrogens with zero attached hydrogens (tertiary/aromatic N) is 2. The van der Waals surface area contributed by atoms with E-state index in [1.165, 1.54) is 4.90 Å². The van der Waals surface area contributed by atoms with Crippen LogP contribution < -0.4 is 15.4 Å². The number of nitrogens with one attached hydrogen (secondary N) is 2. The van der Waals surface area contributed by atoms with Crippen molar-refractivity contribution >= 4 is 11.9 Å². The fraction of sp³-hybridized carbons (Fsp3) is 0.500. The summed E-state index contributed by atoms with van der Waals surface area (Å²) in [5.41, 5.74) is 1.03. The number of amides is 1. The topological polar surface area (TPSA) is 66.0 Å². The van der Waals surface area contributed by atoms with Crippen molar-refractivity contribution in [3.8, 4) is 5.75 Å². The summed E-state index contributed by atoms with van der Waals surface area (Å²) in [5, 5.41) is 6.36. The molecule has 6 nitrogen and oxygen atoms in total. The average molecular weight is 306 g/mol. The fourth-order valence-electron chi connectivity index (χ4n) is 1.69. The molecule has 0 aliphatic rings. The molecule has 1 rings (SSSR count). The highest BCUT2D eigenvalue weighted by atomic mass is 16.5. The van der Waals surface area contributed by atoms with Gasteiger partial charge in [-0.15, -0.1) is 0 Å². The van der Waals surface area contributed by atoms with E-state index in [-0.39, 0.29) is 12.5 Å². The van der Waals surface area contributed by atoms with E-state index in [9.17, 15) is 4.79 Å². The molecular formula is C16H26N4O2. The lowest BCUT2D eigenvalue weighted by Gasteiger charge is -2.12. The number of benzene rings is 1. The van der Waals surface area contributed by atoms with Crippen molar-refractivity contribution in [2.24, 2.45) is 4.99 Å². The van der Waals surface area contributed by atoms with E-state index in [1.54, 1.807) is 14.1 Å². The van der Waals surface area contributed by atoms with Crippen LogP contribution in [0.15, 0.2) is 29.3 Å². The molecule has 6 heteroatoms. The van der Waals surface area contributed by atoms with Gasteiger partial charge in [-0.2, -0.15) is 0 Å². The zero-order valence-corrected chi connectivity index (χ0v) is 13.8. The Morgan fingerprint density at radius 2 is 1.91 bits per heavy atom. The third kappa shape index (κ3) is 6.47. The number of hydrogen-bond acceptors (Lipinski definition) is 3. The lowest BCUT2D eigenvalue weighted by molar-refractivity contribution is -0.130. The number of likely N-dealkylation sites (N-methyl/N-ethyl adjacent to an activating group) is 1. The first kappa shape index (κ1) is 17.8. The predicted octanol–water partition coefficient (Wildman–Crippen LogP) is 1.23. The molecule has 0 unspecified atom stereocenters. The summed E-state index contributed by atoms with van der Waals surface area (Å²) in [6.45, 7) is 6.29. The zero-order chi connectivity index (χ0) is 16.4. The maximum atomic E-state index is 11.5. The summed E-state index contributed by atoms with van der Waals surface area (Å²) in [6, 6.07) is 7.63. The molecule has 0 aliphatic heterocycles. The van der Waals surface area contributed by atoms with Gasteiger partial charge >= 0.3 is 0 Å². The Bertz CT molecular complexity index is 493. The van der Waals surface area contributed by atoms with Crippen LogP contribution in [0.5, 0.6) is 5.75 Å². The van der Waals surface area contributed by atoms with Gasteiger partial charge in [0.2, 0.25) is 0 Å². The van der Waals surface area contributed by atoms with Crippen LogP contribution in [-0.2, 0) is 11.3 Å². The monoisotopic (exact) mass is 306 g/mol. The first-order valence-corrected chi connectivity index (χ1v) is 7.50. The third-order valence-electron chi connectivity index (χ3n) is 2.87. The second-order valence-electron chi connectivity index (χ2n) is 4.95. The van der Waals surface area contributed by atoms with E-state index in [2.05, 4.69) is 15.6 Å². The maximum absolute atomic E-state index is 11.5. The molecule has 0 aliphatic carbocycles. The minimum atomic E-state index is -0.0648. The number of carbonyl (C=O) groups is 1. The lowest BCUT2D eigenvalue weighted by Crippen LogP contribution is -2.36. The quantitative estimate of drug-likeness (QED) is 0.587. The van der Waals surface area contributed by atoms with Gasteiger partial charge in [-0.25, -0.2) is 4.99 Å². The van der Waals surface area contributed by atoms with Gasteiger partial charge in [0.05, 0.1) is 6.54 Å². The molecule has 1 aromatic carbocycles. The normalized spacial score (nSPS) is 9.82. The number of ether oxygens (including phenoxy) is 1. The van der Waals surface area contributed by atoms with Crippen LogP contribution >= 0.6 is 0 Å². The van der Waals surface area contributed by atoms with E-state index in [0.29, 0.717) is 12.3 Å². The minimum Gasteiger partial charge on any atom is -0.484 e. The number of aliphatic imine (C=N–C) groups is 1. The smallest absolute Gasteiger partial charge is 0.259 e. The van der Waals surface area contributed by atoms with Gasteiger partial charge in [-0.05, 0) is 31.5 Å². The van der Waals surface area contributed by atoms with Crippen molar-refractivity contribution < 1.29 is 9.53 Å². The predicted molar refractivity (Wildman–Crippen MR) is 89.1 cm³/mol. The largest absolute Gasteiger partial charge is 0.484 e. The van der Waals surface area contributed by atoms with Crippen LogP contribution in [0.4, 0.5) is 0 Å². The van der Waals surface area contributed by atoms with Crippen molar-refractivity contribution in [2.45, 2.75) is 20.4 Å². The summed E-state index contributed by atoms with van der Waals surface area (Å²) in [4.78, 5) is 17.5. The second-order valence-corrected chi connectivity index (χ2v) is 4.95. The van der Waals surface area contributed by atoms with E-state index < -0.39 is 0 Å². The number of guanidine groups is 1. The van der Waals surface area contributed by atoms with Crippen LogP contribution in [0.1, 0.15) is 19.4 Å². The standard InChI is InChI=1S/C16H26N4O2/c1-5-17-16(18-6-2)19-11-13-8-7-9-14(10-13)22-12-15(21)20(3)4/h7-10H,5-6,11-12H2,1-4H3,(H2,17,18,19). The molecule has 0 saturated carbocycles. The van der Waals surface area contributed by atoms with Gasteiger partial charge in [0.1, 0.15) is 5.75 Å². The van der Waals surface area contributed by atoms with Gasteiger partial charge < -0.3 is 20.3 Å². The Balaban J connectivity index is 2.63. The Labute approximate surface area is 132 Å². The molecule has 1 aromatic rings. The van der Waals surface area contributed by atoms with Crippen molar-refractivity contribution in [2.75, 3.05) is 33.8 Å². The van der Waals surface area contributed by atoms with E-state index >= 15 is 0 Å². The SMILES string of the molecule is CCNC(=NCc1cccc(OCC(=O)N(C)C)c1)NCC. The molecule has 0 fully saturated rings. The van der Waals surface area contributed by atoms with Crippen molar-refractivity contribution in [3.63, 3.8) is 0 Å². The molecule has 1 amide bonds. The van der Waals surface area contributed by atoms with Gasteiger partial charge in [-0.3, -0.25) is 4.79 Å². The molecule has 122 valence electrons. The van der Waals surface area contributed by atoms with Crippen LogP contribution in [0, 0.1) is 0 Å². The molecular weight excluding hydrogens is 280 g/mol. The molecule has 0 radical (unpaired) electrons. The summed E-state index contributed by atoms with van der Waals surface area (Å²) >= 11 is 0. The summed E-state index contributed by atoms with van der Waals surface area (Å²) in [6.07, 6.45) is 0. The van der Waals surface area contributed by atoms with Crippen molar-refractivity contribution in [3.05, 3.63) is 29.8 Å². The van der Waals surface area contributed by atoms with Gasteiger partial charge in [0.15, 0.2) is 12.6 Å². The van der Waals surface area contributed by atoms with Gasteiger partial charge in [0, 0.05) is 27.2 Å². The second kappa shape index (κ2) is 9.65. The minimum absolute atomic E-state index is 0.0414. The van der Waals surface area contributed by atoms with Crippen molar-refractivity contribution in [1.29, 1.82) is 0 Å². The number of rotatable bonds is 7. The highest BCUT2D eigenvalue weighted by Gasteiger charge is 2.05. The van der Waals surface area contributed by atoms with Crippen LogP contribution in [0.2, 0.25) is 0 Å². The molecule has 2 N–H and O–H groups in total. The average Bonchev–Trinajstić information content (AvgIpc) is 2.51. The van der Waals surface area contributed by atoms with E-state index in [1.807, 2.05) is 38.1 Å². The Hall–Kier alpha value is -2.24. The zero-order valence-electron chi connectivity index (χ0n) is 13.8. The van der Waals surface area contributed by atoms with Gasteiger partial charge in [0.25, 0.3) is 5.91 Å². The first-order valence-electron chi connectivity index (χ1n) is 7.50.